The molecule has 5 heteroatoms. The number of unbranched alkanes of at least 4 members (excludes halogenated alkanes) is 2. The Kier molecular flexibility index (Phi) is 4.64. The molecule has 1 atom stereocenters. The minimum atomic E-state index is -1.71. The first-order valence-electron chi connectivity index (χ1n) is 6.13. The molecule has 0 aliphatic heterocycles. The average molecular weight is 254 g/mol. The molecule has 0 aromatic heterocycles. The molecular weight excluding hydrogens is 236 g/mol. The topological polar surface area (TPSA) is 91.7 Å². The number of aliphatic carboxylic acids is 2. The van der Waals surface area contributed by atoms with E-state index < -0.39 is 23.3 Å². The molecule has 2 N–H and O–H groups in total. The number of carboxylic acid groups (broad SMARTS) is 2. The fourth-order valence-corrected chi connectivity index (χ4v) is 1.96. The van der Waals surface area contributed by atoms with Gasteiger partial charge in [-0.15, -0.1) is 0 Å². The summed E-state index contributed by atoms with van der Waals surface area (Å²) in [6.45, 7) is 2.04. The van der Waals surface area contributed by atoms with Crippen LogP contribution < -0.4 is 0 Å². The van der Waals surface area contributed by atoms with Crippen LogP contribution in [0.15, 0.2) is 12.2 Å². The largest absolute Gasteiger partial charge is 0.480 e. The molecule has 0 spiro atoms. The van der Waals surface area contributed by atoms with Gasteiger partial charge < -0.3 is 10.2 Å². The Balaban J connectivity index is 2.48. The molecule has 0 heterocycles. The van der Waals surface area contributed by atoms with Crippen LogP contribution in [0.2, 0.25) is 0 Å². The molecule has 5 nitrogen and oxygen atoms in total. The molecule has 0 bridgehead atoms. The van der Waals surface area contributed by atoms with Crippen LogP contribution in [0, 0.1) is 11.3 Å². The van der Waals surface area contributed by atoms with Gasteiger partial charge in [-0.25, -0.2) is 0 Å². The molecule has 1 saturated carbocycles. The molecule has 1 rings (SSSR count). The van der Waals surface area contributed by atoms with Gasteiger partial charge in [0.1, 0.15) is 0 Å². The van der Waals surface area contributed by atoms with Crippen LogP contribution in [0.25, 0.3) is 0 Å². The lowest BCUT2D eigenvalue weighted by Crippen LogP contribution is -2.27. The van der Waals surface area contributed by atoms with E-state index in [1.807, 2.05) is 6.92 Å². The predicted octanol–water partition coefficient (Wildman–Crippen LogP) is 1.87. The summed E-state index contributed by atoms with van der Waals surface area (Å²) in [5.41, 5.74) is -1.71. The van der Waals surface area contributed by atoms with Gasteiger partial charge in [-0.3, -0.25) is 14.4 Å². The van der Waals surface area contributed by atoms with Gasteiger partial charge in [-0.05, 0) is 18.9 Å². The normalized spacial score (nSPS) is 20.8. The maximum atomic E-state index is 11.4. The van der Waals surface area contributed by atoms with Crippen LogP contribution in [-0.2, 0) is 14.4 Å². The van der Waals surface area contributed by atoms with Crippen LogP contribution in [-0.4, -0.2) is 27.9 Å². The van der Waals surface area contributed by atoms with Crippen molar-refractivity contribution >= 4 is 17.7 Å². The molecule has 1 aliphatic rings. The number of allylic oxidation sites excluding steroid dienone is 2. The van der Waals surface area contributed by atoms with Crippen molar-refractivity contribution in [3.8, 4) is 0 Å². The van der Waals surface area contributed by atoms with E-state index in [-0.39, 0.29) is 12.2 Å². The highest BCUT2D eigenvalue weighted by molar-refractivity contribution is 6.02. The molecule has 1 unspecified atom stereocenters. The van der Waals surface area contributed by atoms with Gasteiger partial charge in [-0.2, -0.15) is 0 Å². The van der Waals surface area contributed by atoms with Crippen molar-refractivity contribution in [1.29, 1.82) is 0 Å². The Labute approximate surface area is 105 Å². The van der Waals surface area contributed by atoms with Gasteiger partial charge >= 0.3 is 11.9 Å². The van der Waals surface area contributed by atoms with Gasteiger partial charge in [0, 0.05) is 12.3 Å². The lowest BCUT2D eigenvalue weighted by atomic mass is 10.0. The predicted molar refractivity (Wildman–Crippen MR) is 64.1 cm³/mol. The third-order valence-electron chi connectivity index (χ3n) is 3.32. The van der Waals surface area contributed by atoms with Crippen LogP contribution >= 0.6 is 0 Å². The van der Waals surface area contributed by atoms with Crippen molar-refractivity contribution < 1.29 is 24.6 Å². The summed E-state index contributed by atoms with van der Waals surface area (Å²) < 4.78 is 0. The zero-order valence-electron chi connectivity index (χ0n) is 10.4. The van der Waals surface area contributed by atoms with E-state index >= 15 is 0 Å². The van der Waals surface area contributed by atoms with Crippen LogP contribution in [0.4, 0.5) is 0 Å². The first-order valence-corrected chi connectivity index (χ1v) is 6.13. The minimum absolute atomic E-state index is 0.0659. The number of hydrogen-bond donors (Lipinski definition) is 2. The highest BCUT2D eigenvalue weighted by Crippen LogP contribution is 2.53. The van der Waals surface area contributed by atoms with Crippen molar-refractivity contribution in [3.05, 3.63) is 12.2 Å². The number of ketones is 1. The Morgan fingerprint density at radius 3 is 2.28 bits per heavy atom. The molecule has 0 aromatic carbocycles. The zero-order valence-corrected chi connectivity index (χ0v) is 10.4. The molecule has 18 heavy (non-hydrogen) atoms. The number of carbonyl (C=O) groups excluding carboxylic acids is 1. The minimum Gasteiger partial charge on any atom is -0.480 e. The second-order valence-electron chi connectivity index (χ2n) is 4.67. The quantitative estimate of drug-likeness (QED) is 0.392. The fourth-order valence-electron chi connectivity index (χ4n) is 1.96. The Morgan fingerprint density at radius 1 is 1.22 bits per heavy atom. The molecule has 0 aromatic rings. The van der Waals surface area contributed by atoms with Crippen LogP contribution in [0.3, 0.4) is 0 Å². The van der Waals surface area contributed by atoms with E-state index in [2.05, 4.69) is 0 Å². The van der Waals surface area contributed by atoms with Gasteiger partial charge in [0.25, 0.3) is 0 Å². The molecule has 0 saturated heterocycles. The molecule has 100 valence electrons. The smallest absolute Gasteiger partial charge is 0.321 e. The highest BCUT2D eigenvalue weighted by Gasteiger charge is 2.65. The molecule has 1 fully saturated rings. The summed E-state index contributed by atoms with van der Waals surface area (Å²) in [6.07, 6.45) is 6.08. The third-order valence-corrected chi connectivity index (χ3v) is 3.32. The number of rotatable bonds is 8. The summed E-state index contributed by atoms with van der Waals surface area (Å²) >= 11 is 0. The van der Waals surface area contributed by atoms with E-state index in [9.17, 15) is 14.4 Å². The average Bonchev–Trinajstić information content (AvgIpc) is 3.02. The summed E-state index contributed by atoms with van der Waals surface area (Å²) in [7, 11) is 0. The maximum Gasteiger partial charge on any atom is 0.321 e. The second kappa shape index (κ2) is 5.80. The standard InChI is InChI=1S/C13H18O5/c1-2-3-4-5-10(14)7-6-9-8-13(9,11(15)16)12(17)18/h6-7,9H,2-5,8H2,1H3,(H,15,16)(H,17,18). The highest BCUT2D eigenvalue weighted by atomic mass is 16.4. The molecule has 0 radical (unpaired) electrons. The van der Waals surface area contributed by atoms with Crippen molar-refractivity contribution in [3.63, 3.8) is 0 Å². The van der Waals surface area contributed by atoms with Crippen molar-refractivity contribution in [2.75, 3.05) is 0 Å². The lowest BCUT2D eigenvalue weighted by molar-refractivity contribution is -0.157. The summed E-state index contributed by atoms with van der Waals surface area (Å²) in [5.74, 6) is -3.30. The Hall–Kier alpha value is -1.65. The third kappa shape index (κ3) is 2.97. The van der Waals surface area contributed by atoms with Gasteiger partial charge in [0.2, 0.25) is 0 Å². The number of carboxylic acids is 2. The van der Waals surface area contributed by atoms with Crippen LogP contribution in [0.5, 0.6) is 0 Å². The maximum absolute atomic E-state index is 11.4. The monoisotopic (exact) mass is 254 g/mol. The lowest BCUT2D eigenvalue weighted by Gasteiger charge is -2.03. The fraction of sp³-hybridized carbons (Fsp3) is 0.615. The van der Waals surface area contributed by atoms with E-state index in [0.717, 1.165) is 19.3 Å². The Bertz CT molecular complexity index is 369. The van der Waals surface area contributed by atoms with Gasteiger partial charge in [-0.1, -0.05) is 25.8 Å². The van der Waals surface area contributed by atoms with Gasteiger partial charge in [0.15, 0.2) is 11.2 Å². The molecule has 0 amide bonds. The molecular formula is C13H18O5. The number of carbonyl (C=O) groups is 3. The summed E-state index contributed by atoms with van der Waals surface area (Å²) in [4.78, 5) is 33.2. The van der Waals surface area contributed by atoms with Crippen molar-refractivity contribution in [1.82, 2.24) is 0 Å². The number of hydrogen-bond acceptors (Lipinski definition) is 3. The van der Waals surface area contributed by atoms with E-state index in [1.54, 1.807) is 0 Å². The molecule has 1 aliphatic carbocycles. The van der Waals surface area contributed by atoms with Crippen LogP contribution in [0.1, 0.15) is 39.0 Å². The summed E-state index contributed by atoms with van der Waals surface area (Å²) in [5, 5.41) is 17.8. The second-order valence-corrected chi connectivity index (χ2v) is 4.67. The first-order chi connectivity index (χ1) is 8.45. The van der Waals surface area contributed by atoms with Crippen molar-refractivity contribution in [2.24, 2.45) is 11.3 Å². The Morgan fingerprint density at radius 2 is 1.83 bits per heavy atom. The summed E-state index contributed by atoms with van der Waals surface area (Å²) in [6, 6.07) is 0. The SMILES string of the molecule is CCCCCC(=O)C=CC1CC1(C(=O)O)C(=O)O. The van der Waals surface area contributed by atoms with E-state index in [0.29, 0.717) is 6.42 Å². The van der Waals surface area contributed by atoms with E-state index in [4.69, 9.17) is 10.2 Å². The van der Waals surface area contributed by atoms with Gasteiger partial charge in [0.05, 0.1) is 0 Å². The van der Waals surface area contributed by atoms with E-state index in [1.165, 1.54) is 12.2 Å². The van der Waals surface area contributed by atoms with Crippen molar-refractivity contribution in [2.45, 2.75) is 39.0 Å². The zero-order chi connectivity index (χ0) is 13.8. The first kappa shape index (κ1) is 14.4.